The van der Waals surface area contributed by atoms with Gasteiger partial charge in [-0.2, -0.15) is 0 Å². The smallest absolute Gasteiger partial charge is 0.407 e. The highest BCUT2D eigenvalue weighted by molar-refractivity contribution is 5.81. The van der Waals surface area contributed by atoms with Gasteiger partial charge in [0.1, 0.15) is 12.6 Å². The van der Waals surface area contributed by atoms with Crippen LogP contribution in [0.1, 0.15) is 56.1 Å². The Bertz CT molecular complexity index is 858. The summed E-state index contributed by atoms with van der Waals surface area (Å²) in [7, 11) is 0. The summed E-state index contributed by atoms with van der Waals surface area (Å²) in [5, 5.41) is 2.60. The van der Waals surface area contributed by atoms with E-state index in [0.717, 1.165) is 24.0 Å². The number of fused-ring (bicyclic) bond motifs is 3. The molecule has 1 saturated carbocycles. The molecule has 0 aliphatic heterocycles. The molecule has 1 atom stereocenters. The predicted octanol–water partition coefficient (Wildman–Crippen LogP) is 5.04. The Morgan fingerprint density at radius 3 is 2.13 bits per heavy atom. The first kappa shape index (κ1) is 20.5. The molecule has 0 saturated heterocycles. The number of alkyl carbamates (subject to hydrolysis) is 1. The molecule has 30 heavy (non-hydrogen) atoms. The average molecular weight is 408 g/mol. The first-order chi connectivity index (χ1) is 14.6. The fourth-order valence-electron chi connectivity index (χ4n) is 4.55. The van der Waals surface area contributed by atoms with Crippen molar-refractivity contribution in [2.45, 2.75) is 51.0 Å². The molecular formula is C25H29NO4. The zero-order chi connectivity index (χ0) is 20.9. The Hall–Kier alpha value is -2.82. The van der Waals surface area contributed by atoms with E-state index in [2.05, 4.69) is 29.6 Å². The topological polar surface area (TPSA) is 64.6 Å². The number of carbonyl (C=O) groups excluding carboxylic acids is 2. The first-order valence-electron chi connectivity index (χ1n) is 10.9. The second-order valence-electron chi connectivity index (χ2n) is 8.33. The minimum atomic E-state index is -0.732. The van der Waals surface area contributed by atoms with Crippen LogP contribution in [0.25, 0.3) is 11.1 Å². The molecule has 0 bridgehead atoms. The highest BCUT2D eigenvalue weighted by atomic mass is 16.6. The highest BCUT2D eigenvalue weighted by Gasteiger charge is 2.29. The molecule has 4 rings (SSSR count). The zero-order valence-electron chi connectivity index (χ0n) is 17.4. The van der Waals surface area contributed by atoms with Gasteiger partial charge in [-0.1, -0.05) is 67.8 Å². The molecule has 2 aliphatic carbocycles. The molecule has 158 valence electrons. The SMILES string of the molecule is C[C@H](NC(=O)OCC1c2ccccc2-c2ccccc21)C(=O)OCC1CCCCC1. The summed E-state index contributed by atoms with van der Waals surface area (Å²) in [5.74, 6) is 0.0372. The molecule has 1 amide bonds. The van der Waals surface area contributed by atoms with Gasteiger partial charge in [-0.05, 0) is 47.9 Å². The molecule has 1 fully saturated rings. The number of esters is 1. The van der Waals surface area contributed by atoms with Crippen LogP contribution in [0.3, 0.4) is 0 Å². The molecule has 0 spiro atoms. The van der Waals surface area contributed by atoms with Crippen molar-refractivity contribution < 1.29 is 19.1 Å². The summed E-state index contributed by atoms with van der Waals surface area (Å²) in [5.41, 5.74) is 4.68. The lowest BCUT2D eigenvalue weighted by atomic mass is 9.90. The van der Waals surface area contributed by atoms with Gasteiger partial charge in [0.25, 0.3) is 0 Å². The molecule has 0 unspecified atom stereocenters. The van der Waals surface area contributed by atoms with Gasteiger partial charge in [0.2, 0.25) is 0 Å². The van der Waals surface area contributed by atoms with Crippen LogP contribution in [-0.2, 0) is 14.3 Å². The van der Waals surface area contributed by atoms with Crippen molar-refractivity contribution in [3.05, 3.63) is 59.7 Å². The lowest BCUT2D eigenvalue weighted by Crippen LogP contribution is -2.40. The lowest BCUT2D eigenvalue weighted by Gasteiger charge is -2.22. The molecule has 0 heterocycles. The van der Waals surface area contributed by atoms with E-state index in [9.17, 15) is 9.59 Å². The Kier molecular flexibility index (Phi) is 6.36. The molecule has 2 aromatic rings. The number of hydrogen-bond acceptors (Lipinski definition) is 4. The molecule has 2 aliphatic rings. The molecule has 5 heteroatoms. The lowest BCUT2D eigenvalue weighted by molar-refractivity contribution is -0.147. The molecule has 0 radical (unpaired) electrons. The van der Waals surface area contributed by atoms with E-state index >= 15 is 0 Å². The maximum absolute atomic E-state index is 12.3. The van der Waals surface area contributed by atoms with E-state index in [1.165, 1.54) is 30.4 Å². The van der Waals surface area contributed by atoms with Crippen LogP contribution >= 0.6 is 0 Å². The van der Waals surface area contributed by atoms with Crippen molar-refractivity contribution in [3.63, 3.8) is 0 Å². The summed E-state index contributed by atoms with van der Waals surface area (Å²) in [6.45, 7) is 2.30. The van der Waals surface area contributed by atoms with Gasteiger partial charge in [0.05, 0.1) is 6.61 Å². The van der Waals surface area contributed by atoms with Gasteiger partial charge >= 0.3 is 12.1 Å². The quantitative estimate of drug-likeness (QED) is 0.682. The van der Waals surface area contributed by atoms with Gasteiger partial charge in [0, 0.05) is 5.92 Å². The van der Waals surface area contributed by atoms with E-state index in [1.807, 2.05) is 24.3 Å². The highest BCUT2D eigenvalue weighted by Crippen LogP contribution is 2.44. The van der Waals surface area contributed by atoms with Crippen LogP contribution in [0.5, 0.6) is 0 Å². The summed E-state index contributed by atoms with van der Waals surface area (Å²) < 4.78 is 10.9. The van der Waals surface area contributed by atoms with Crippen LogP contribution in [0, 0.1) is 5.92 Å². The molecular weight excluding hydrogens is 378 g/mol. The number of ether oxygens (including phenoxy) is 2. The molecule has 1 N–H and O–H groups in total. The van der Waals surface area contributed by atoms with Crippen LogP contribution in [0.15, 0.2) is 48.5 Å². The van der Waals surface area contributed by atoms with Crippen LogP contribution < -0.4 is 5.32 Å². The van der Waals surface area contributed by atoms with E-state index in [-0.39, 0.29) is 12.5 Å². The normalized spacial score (nSPS) is 17.0. The Labute approximate surface area is 177 Å². The van der Waals surface area contributed by atoms with Gasteiger partial charge < -0.3 is 14.8 Å². The third kappa shape index (κ3) is 4.50. The Balaban J connectivity index is 1.29. The Morgan fingerprint density at radius 1 is 0.900 bits per heavy atom. The van der Waals surface area contributed by atoms with E-state index in [0.29, 0.717) is 12.5 Å². The fourth-order valence-corrected chi connectivity index (χ4v) is 4.55. The van der Waals surface area contributed by atoms with Crippen molar-refractivity contribution in [2.24, 2.45) is 5.92 Å². The standard InChI is InChI=1S/C25H29NO4/c1-17(24(27)29-15-18-9-3-2-4-10-18)26-25(28)30-16-23-21-13-7-5-11-19(21)20-12-6-8-14-22(20)23/h5-8,11-14,17-18,23H,2-4,9-10,15-16H2,1H3,(H,26,28)/t17-/m0/s1. The predicted molar refractivity (Wildman–Crippen MR) is 115 cm³/mol. The zero-order valence-corrected chi connectivity index (χ0v) is 17.4. The minimum absolute atomic E-state index is 0.00305. The third-order valence-corrected chi connectivity index (χ3v) is 6.22. The summed E-state index contributed by atoms with van der Waals surface area (Å²) in [6, 6.07) is 15.7. The first-order valence-corrected chi connectivity index (χ1v) is 10.9. The number of carbonyl (C=O) groups is 2. The van der Waals surface area contributed by atoms with Crippen LogP contribution in [0.2, 0.25) is 0 Å². The maximum Gasteiger partial charge on any atom is 0.407 e. The van der Waals surface area contributed by atoms with Gasteiger partial charge in [-0.25, -0.2) is 9.59 Å². The van der Waals surface area contributed by atoms with Crippen molar-refractivity contribution in [3.8, 4) is 11.1 Å². The van der Waals surface area contributed by atoms with E-state index in [4.69, 9.17) is 9.47 Å². The number of rotatable bonds is 6. The average Bonchev–Trinajstić information content (AvgIpc) is 3.10. The summed E-state index contributed by atoms with van der Waals surface area (Å²) in [6.07, 6.45) is 5.30. The number of hydrogen-bond donors (Lipinski definition) is 1. The minimum Gasteiger partial charge on any atom is -0.464 e. The number of benzene rings is 2. The number of nitrogens with one attached hydrogen (secondary N) is 1. The summed E-state index contributed by atoms with van der Waals surface area (Å²) >= 11 is 0. The third-order valence-electron chi connectivity index (χ3n) is 6.22. The molecule has 0 aromatic heterocycles. The second kappa shape index (κ2) is 9.33. The van der Waals surface area contributed by atoms with Gasteiger partial charge in [-0.15, -0.1) is 0 Å². The van der Waals surface area contributed by atoms with Crippen molar-refractivity contribution in [1.29, 1.82) is 0 Å². The van der Waals surface area contributed by atoms with Crippen LogP contribution in [-0.4, -0.2) is 31.3 Å². The van der Waals surface area contributed by atoms with E-state index < -0.39 is 18.1 Å². The molecule has 5 nitrogen and oxygen atoms in total. The van der Waals surface area contributed by atoms with Gasteiger partial charge in [0.15, 0.2) is 0 Å². The maximum atomic E-state index is 12.3. The van der Waals surface area contributed by atoms with Crippen molar-refractivity contribution >= 4 is 12.1 Å². The largest absolute Gasteiger partial charge is 0.464 e. The van der Waals surface area contributed by atoms with Crippen LogP contribution in [0.4, 0.5) is 4.79 Å². The fraction of sp³-hybridized carbons (Fsp3) is 0.440. The molecule has 2 aromatic carbocycles. The Morgan fingerprint density at radius 2 is 1.50 bits per heavy atom. The van der Waals surface area contributed by atoms with Crippen molar-refractivity contribution in [1.82, 2.24) is 5.32 Å². The van der Waals surface area contributed by atoms with Gasteiger partial charge in [-0.3, -0.25) is 0 Å². The number of amides is 1. The van der Waals surface area contributed by atoms with E-state index in [1.54, 1.807) is 6.92 Å². The van der Waals surface area contributed by atoms with Crippen molar-refractivity contribution in [2.75, 3.05) is 13.2 Å². The second-order valence-corrected chi connectivity index (χ2v) is 8.33. The monoisotopic (exact) mass is 407 g/mol. The summed E-state index contributed by atoms with van der Waals surface area (Å²) in [4.78, 5) is 24.5.